The van der Waals surface area contributed by atoms with Crippen molar-refractivity contribution >= 4 is 301 Å². The molecular formula is H4F6O20Pb9Si6. The average Bonchev–Trinajstić information content (AvgIpc) is 1.94. The van der Waals surface area contributed by atoms with E-state index in [1.807, 2.05) is 0 Å². The first-order chi connectivity index (χ1) is 12.0. The van der Waals surface area contributed by atoms with E-state index in [1.54, 1.807) is 0 Å². The third kappa shape index (κ3) is 1480. The Morgan fingerprint density at radius 2 is 0.195 bits per heavy atom. The molecule has 0 saturated carbocycles. The van der Waals surface area contributed by atoms with Crippen molar-refractivity contribution in [1.29, 1.82) is 0 Å². The third-order valence-corrected chi connectivity index (χ3v) is 0. The molecule has 0 aromatic carbocycles. The van der Waals surface area contributed by atoms with E-state index in [2.05, 4.69) is 0 Å². The zero-order valence-electron chi connectivity index (χ0n) is 18.1. The number of hydrogen-bond acceptors (Lipinski definition) is 18. The molecule has 0 fully saturated rings. The first-order valence-electron chi connectivity index (χ1n) is 4.81. The van der Waals surface area contributed by atoms with Crippen LogP contribution in [0.1, 0.15) is 0 Å². The maximum atomic E-state index is 10.2. The Kier molecular flexibility index (Phi) is 148. The van der Waals surface area contributed by atoms with Crippen LogP contribution >= 0.6 is 0 Å². The monoisotopic (exact) mass is 2480 g/mol. The molecule has 0 saturated heterocycles. The molecule has 18 radical (unpaired) electrons. The van der Waals surface area contributed by atoms with E-state index in [0.717, 1.165) is 0 Å². The molecule has 41 heavy (non-hydrogen) atoms. The van der Waals surface area contributed by atoms with Gasteiger partial charge in [0, 0.05) is 0 Å². The standard InChI is InChI=1S/6FO3Si.2H2O.9Pb/c6*1-5(2,3)4;;;;;;;;;;;/h;;;;;;2*1H2;;;;;;;;;/q6*-3;;;9*+2. The van der Waals surface area contributed by atoms with Crippen molar-refractivity contribution in [1.82, 2.24) is 0 Å². The molecule has 20 nitrogen and oxygen atoms in total. The molecule has 0 atom stereocenters. The fraction of sp³-hybridized carbons (Fsp3) is 0. The van der Waals surface area contributed by atoms with Gasteiger partial charge in [-0.3, -0.25) is 0 Å². The first kappa shape index (κ1) is 110. The summed E-state index contributed by atoms with van der Waals surface area (Å²) in [5.74, 6) is 0. The SMILES string of the molecule is O.O.[O-][Si]([O-])([O-])F.[O-][Si]([O-])([O-])F.[O-][Si]([O-])([O-])F.[O-][Si]([O-])([O-])F.[O-][Si]([O-])([O-])F.[O-][Si]([O-])([O-])F.[Pb+2].[Pb+2].[Pb+2].[Pb+2].[Pb+2].[Pb+2].[Pb+2].[Pb+2].[Pb+2]. The van der Waals surface area contributed by atoms with Crippen LogP contribution in [0.25, 0.3) is 0 Å². The van der Waals surface area contributed by atoms with Gasteiger partial charge in [-0.1, -0.05) is 54.8 Å². The molecule has 0 aromatic rings. The molecule has 4 N–H and O–H groups in total. The molecule has 0 rings (SSSR count). The van der Waals surface area contributed by atoms with Gasteiger partial charge in [-0.2, -0.15) is 0 Å². The molecule has 41 heteroatoms. The summed E-state index contributed by atoms with van der Waals surface area (Å²) in [7, 11) is -35.2. The van der Waals surface area contributed by atoms with Gasteiger partial charge < -0.3 is 122 Å². The van der Waals surface area contributed by atoms with Gasteiger partial charge in [0.25, 0.3) is 0 Å². The van der Waals surface area contributed by atoms with Crippen molar-refractivity contribution in [3.05, 3.63) is 0 Å². The number of rotatable bonds is 0. The summed E-state index contributed by atoms with van der Waals surface area (Å²) < 4.78 is 61.0. The van der Waals surface area contributed by atoms with Crippen LogP contribution in [0.2, 0.25) is 0 Å². The van der Waals surface area contributed by atoms with Gasteiger partial charge in [0.15, 0.2) is 0 Å². The molecule has 0 aliphatic heterocycles. The summed E-state index contributed by atoms with van der Waals surface area (Å²) in [6.07, 6.45) is 0. The van der Waals surface area contributed by atoms with Crippen LogP contribution in [0.3, 0.4) is 0 Å². The van der Waals surface area contributed by atoms with Crippen LogP contribution in [-0.2, 0) is 0 Å². The Bertz CT molecular complexity index is 260. The van der Waals surface area contributed by atoms with Crippen molar-refractivity contribution in [2.45, 2.75) is 0 Å². The Balaban J connectivity index is -0.0000000107. The van der Waals surface area contributed by atoms with Crippen molar-refractivity contribution in [3.63, 3.8) is 0 Å². The first-order valence-corrected chi connectivity index (χ1v) is 14.4. The molecule has 0 bridgehead atoms. The summed E-state index contributed by atoms with van der Waals surface area (Å²) in [5.41, 5.74) is 0. The second-order valence-electron chi connectivity index (χ2n) is 2.89. The number of halogens is 6. The van der Waals surface area contributed by atoms with Crippen LogP contribution in [-0.4, -0.2) is 311 Å². The second kappa shape index (κ2) is 55.1. The Hall–Kier alpha value is 8.38. The van der Waals surface area contributed by atoms with Gasteiger partial charge in [-0.05, 0) is 0 Å². The van der Waals surface area contributed by atoms with Crippen molar-refractivity contribution in [3.8, 4) is 0 Å². The largest absolute Gasteiger partial charge is 2.00 e. The number of hydrogen-bond donors (Lipinski definition) is 0. The molecule has 0 aromatic heterocycles. The average molecular weight is 2470 g/mol. The fourth-order valence-corrected chi connectivity index (χ4v) is 0. The van der Waals surface area contributed by atoms with E-state index in [0.29, 0.717) is 0 Å². The summed E-state index contributed by atoms with van der Waals surface area (Å²) in [6, 6.07) is 0. The zero-order chi connectivity index (χ0) is 27.0. The Labute approximate surface area is 414 Å². The van der Waals surface area contributed by atoms with Gasteiger partial charge >= 0.3 is 246 Å². The molecule has 0 aliphatic rings. The summed E-state index contributed by atoms with van der Waals surface area (Å²) in [4.78, 5) is 152. The summed E-state index contributed by atoms with van der Waals surface area (Å²) >= 11 is 0. The normalized spacial score (nSPS) is 8.78. The quantitative estimate of drug-likeness (QED) is 0.123. The Morgan fingerprint density at radius 1 is 0.195 bits per heavy atom. The maximum absolute atomic E-state index is 10.2. The maximum Gasteiger partial charge on any atom is 2.00 e. The van der Waals surface area contributed by atoms with Gasteiger partial charge in [0.05, 0.1) is 0 Å². The summed E-state index contributed by atoms with van der Waals surface area (Å²) in [6.45, 7) is 0. The molecule has 226 valence electrons. The third-order valence-electron chi connectivity index (χ3n) is 0. The predicted octanol–water partition coefficient (Wildman–Crippen LogP) is -26.2. The molecule has 0 amide bonds. The van der Waals surface area contributed by atoms with Crippen LogP contribution in [0.5, 0.6) is 0 Å². The van der Waals surface area contributed by atoms with Crippen molar-refractivity contribution in [2.24, 2.45) is 0 Å². The Morgan fingerprint density at radius 3 is 0.195 bits per heavy atom. The van der Waals surface area contributed by atoms with Gasteiger partial charge in [-0.15, -0.1) is 0 Å². The van der Waals surface area contributed by atoms with E-state index < -0.39 is 54.8 Å². The van der Waals surface area contributed by atoms with E-state index in [-0.39, 0.29) is 257 Å². The van der Waals surface area contributed by atoms with E-state index in [4.69, 9.17) is 86.3 Å². The minimum Gasteiger partial charge on any atom is -0.857 e. The van der Waals surface area contributed by atoms with Crippen LogP contribution in [0, 0.1) is 0 Å². The van der Waals surface area contributed by atoms with Gasteiger partial charge in [0.2, 0.25) is 0 Å². The molecule has 0 spiro atoms. The molecule has 0 heterocycles. The van der Waals surface area contributed by atoms with Crippen molar-refractivity contribution in [2.75, 3.05) is 0 Å². The van der Waals surface area contributed by atoms with Crippen molar-refractivity contribution < 1.29 is 122 Å². The van der Waals surface area contributed by atoms with Gasteiger partial charge in [-0.25, -0.2) is 0 Å². The van der Waals surface area contributed by atoms with E-state index in [9.17, 15) is 24.6 Å². The minimum atomic E-state index is -5.86. The molecular weight excluding hydrogens is 2470 g/mol. The minimum absolute atomic E-state index is 0. The topological polar surface area (TPSA) is 478 Å². The smallest absolute Gasteiger partial charge is 0.857 e. The fourth-order valence-electron chi connectivity index (χ4n) is 0. The molecule has 0 unspecified atom stereocenters. The molecule has 0 aliphatic carbocycles. The van der Waals surface area contributed by atoms with Crippen LogP contribution in [0.4, 0.5) is 24.6 Å². The van der Waals surface area contributed by atoms with Crippen LogP contribution in [0.15, 0.2) is 0 Å². The second-order valence-corrected chi connectivity index (χ2v) is 8.67. The van der Waals surface area contributed by atoms with E-state index >= 15 is 0 Å². The van der Waals surface area contributed by atoms with Gasteiger partial charge in [0.1, 0.15) is 0 Å². The zero-order valence-corrected chi connectivity index (χ0v) is 59.1. The van der Waals surface area contributed by atoms with Crippen LogP contribution < -0.4 is 86.3 Å². The van der Waals surface area contributed by atoms with E-state index in [1.165, 1.54) is 0 Å². The summed E-state index contributed by atoms with van der Waals surface area (Å²) in [5, 5.41) is 0. The predicted molar refractivity (Wildman–Crippen MR) is 100 cm³/mol.